The van der Waals surface area contributed by atoms with Gasteiger partial charge in [-0.05, 0) is 30.0 Å². The molecule has 6 nitrogen and oxygen atoms in total. The Hall–Kier alpha value is -2.47. The first-order valence-electron chi connectivity index (χ1n) is 10.4. The Balaban J connectivity index is 1.67. The topological polar surface area (TPSA) is 68.0 Å². The highest BCUT2D eigenvalue weighted by Gasteiger charge is 2.23. The first-order valence-corrected chi connectivity index (χ1v) is 10.4. The van der Waals surface area contributed by atoms with Gasteiger partial charge in [0, 0.05) is 45.2 Å². The molecule has 0 radical (unpaired) electrons. The molecular formula is C23H33N3O3. The van der Waals surface area contributed by atoms with E-state index in [9.17, 15) is 0 Å². The van der Waals surface area contributed by atoms with Crippen LogP contribution in [0.5, 0.6) is 5.75 Å². The summed E-state index contributed by atoms with van der Waals surface area (Å²) in [7, 11) is 1.74. The molecule has 158 valence electrons. The Morgan fingerprint density at radius 2 is 2.10 bits per heavy atom. The van der Waals surface area contributed by atoms with E-state index in [1.807, 2.05) is 24.3 Å². The van der Waals surface area contributed by atoms with Gasteiger partial charge in [0.2, 0.25) is 0 Å². The van der Waals surface area contributed by atoms with Gasteiger partial charge in [0.25, 0.3) is 0 Å². The average Bonchev–Trinajstić information content (AvgIpc) is 3.24. The van der Waals surface area contributed by atoms with Crippen molar-refractivity contribution in [3.05, 3.63) is 54.0 Å². The van der Waals surface area contributed by atoms with Gasteiger partial charge in [-0.25, -0.2) is 0 Å². The number of furan rings is 1. The number of fused-ring (bicyclic) bond motifs is 1. The number of benzene rings is 1. The molecule has 29 heavy (non-hydrogen) atoms. The van der Waals surface area contributed by atoms with Crippen molar-refractivity contribution in [2.45, 2.75) is 39.2 Å². The molecular weight excluding hydrogens is 366 g/mol. The van der Waals surface area contributed by atoms with E-state index >= 15 is 0 Å². The summed E-state index contributed by atoms with van der Waals surface area (Å²) in [5, 5.41) is 7.09. The lowest BCUT2D eigenvalue weighted by Crippen LogP contribution is -2.42. The summed E-state index contributed by atoms with van der Waals surface area (Å²) in [4.78, 5) is 4.90. The van der Waals surface area contributed by atoms with Crippen LogP contribution in [0, 0.1) is 5.41 Å². The fraction of sp³-hybridized carbons (Fsp3) is 0.522. The number of guanidine groups is 1. The largest absolute Gasteiger partial charge is 0.493 e. The smallest absolute Gasteiger partial charge is 0.191 e. The first kappa shape index (κ1) is 21.2. The van der Waals surface area contributed by atoms with Crippen molar-refractivity contribution in [2.24, 2.45) is 10.4 Å². The third kappa shape index (κ3) is 6.53. The van der Waals surface area contributed by atoms with Crippen LogP contribution in [0.3, 0.4) is 0 Å². The molecule has 0 spiro atoms. The molecule has 1 aliphatic rings. The van der Waals surface area contributed by atoms with Crippen molar-refractivity contribution in [3.63, 3.8) is 0 Å². The minimum atomic E-state index is 0.0687. The summed E-state index contributed by atoms with van der Waals surface area (Å²) in [6.45, 7) is 7.36. The number of nitrogens with one attached hydrogen (secondary N) is 2. The van der Waals surface area contributed by atoms with Crippen molar-refractivity contribution in [1.82, 2.24) is 10.6 Å². The highest BCUT2D eigenvalue weighted by molar-refractivity contribution is 5.80. The molecule has 0 bridgehead atoms. The molecule has 0 aliphatic carbocycles. The summed E-state index contributed by atoms with van der Waals surface area (Å²) >= 11 is 0. The predicted molar refractivity (Wildman–Crippen MR) is 115 cm³/mol. The molecule has 2 N–H and O–H groups in total. The van der Waals surface area contributed by atoms with Crippen molar-refractivity contribution in [2.75, 3.05) is 33.4 Å². The van der Waals surface area contributed by atoms with Gasteiger partial charge in [-0.15, -0.1) is 0 Å². The zero-order valence-electron chi connectivity index (χ0n) is 17.7. The molecule has 0 saturated carbocycles. The van der Waals surface area contributed by atoms with Gasteiger partial charge in [-0.1, -0.05) is 32.0 Å². The van der Waals surface area contributed by atoms with Crippen molar-refractivity contribution >= 4 is 5.96 Å². The van der Waals surface area contributed by atoms with Gasteiger partial charge in [0.05, 0.1) is 18.9 Å². The van der Waals surface area contributed by atoms with E-state index in [4.69, 9.17) is 18.9 Å². The number of nitrogens with zero attached hydrogens (tertiary/aromatic N) is 1. The van der Waals surface area contributed by atoms with Crippen molar-refractivity contribution in [3.8, 4) is 5.75 Å². The van der Waals surface area contributed by atoms with Crippen molar-refractivity contribution in [1.29, 1.82) is 0 Å². The van der Waals surface area contributed by atoms with Crippen LogP contribution in [0.4, 0.5) is 0 Å². The zero-order chi connectivity index (χ0) is 20.5. The molecule has 1 aliphatic heterocycles. The van der Waals surface area contributed by atoms with Crippen LogP contribution in [-0.4, -0.2) is 39.4 Å². The van der Waals surface area contributed by atoms with Gasteiger partial charge in [0.1, 0.15) is 11.5 Å². The summed E-state index contributed by atoms with van der Waals surface area (Å²) in [5.41, 5.74) is 1.25. The Morgan fingerprint density at radius 3 is 2.90 bits per heavy atom. The molecule has 1 aromatic carbocycles. The lowest BCUT2D eigenvalue weighted by atomic mass is 9.90. The van der Waals surface area contributed by atoms with E-state index in [1.165, 1.54) is 5.56 Å². The molecule has 1 atom stereocenters. The lowest BCUT2D eigenvalue weighted by molar-refractivity contribution is 0.155. The Bertz CT molecular complexity index is 771. The number of rotatable bonds is 9. The van der Waals surface area contributed by atoms with Crippen LogP contribution in [0.25, 0.3) is 0 Å². The molecule has 0 saturated heterocycles. The van der Waals surface area contributed by atoms with E-state index in [1.54, 1.807) is 13.4 Å². The summed E-state index contributed by atoms with van der Waals surface area (Å²) in [6.07, 6.45) is 4.39. The van der Waals surface area contributed by atoms with Gasteiger partial charge in [-0.2, -0.15) is 0 Å². The molecule has 3 rings (SSSR count). The number of aliphatic imine (C=N–C) groups is 1. The van der Waals surface area contributed by atoms with Crippen LogP contribution in [-0.2, 0) is 11.2 Å². The minimum Gasteiger partial charge on any atom is -0.493 e. The maximum atomic E-state index is 5.80. The van der Waals surface area contributed by atoms with Gasteiger partial charge >= 0.3 is 0 Å². The zero-order valence-corrected chi connectivity index (χ0v) is 17.7. The van der Waals surface area contributed by atoms with E-state index in [-0.39, 0.29) is 11.5 Å². The fourth-order valence-corrected chi connectivity index (χ4v) is 3.32. The normalized spacial score (nSPS) is 16.8. The SMILES string of the molecule is COCCC(C)(C)CN=C(NCCc1ccco1)NC1CCOc2ccccc21. The molecule has 2 aromatic rings. The second-order valence-corrected chi connectivity index (χ2v) is 8.20. The fourth-order valence-electron chi connectivity index (χ4n) is 3.32. The second kappa shape index (κ2) is 10.3. The maximum Gasteiger partial charge on any atom is 0.191 e. The standard InChI is InChI=1S/C23H33N3O3/c1-23(2,12-16-27-3)17-25-22(24-13-10-18-7-6-14-28-18)26-20-11-15-29-21-9-5-4-8-19(20)21/h4-9,14,20H,10-13,15-17H2,1-3H3,(H2,24,25,26). The molecule has 1 unspecified atom stereocenters. The first-order chi connectivity index (χ1) is 14.1. The molecule has 0 fully saturated rings. The number of methoxy groups -OCH3 is 1. The monoisotopic (exact) mass is 399 g/mol. The van der Waals surface area contributed by atoms with E-state index in [0.29, 0.717) is 6.61 Å². The number of ether oxygens (including phenoxy) is 2. The van der Waals surface area contributed by atoms with E-state index in [2.05, 4.69) is 36.6 Å². The number of hydrogen-bond donors (Lipinski definition) is 2. The van der Waals surface area contributed by atoms with Crippen LogP contribution in [0.2, 0.25) is 0 Å². The van der Waals surface area contributed by atoms with E-state index in [0.717, 1.165) is 56.4 Å². The van der Waals surface area contributed by atoms with Crippen LogP contribution in [0.1, 0.15) is 44.1 Å². The third-order valence-corrected chi connectivity index (χ3v) is 5.16. The Labute approximate surface area is 173 Å². The Kier molecular flexibility index (Phi) is 7.58. The molecule has 1 aromatic heterocycles. The highest BCUT2D eigenvalue weighted by atomic mass is 16.5. The quantitative estimate of drug-likeness (QED) is 0.494. The summed E-state index contributed by atoms with van der Waals surface area (Å²) < 4.78 is 16.5. The van der Waals surface area contributed by atoms with Crippen molar-refractivity contribution < 1.29 is 13.9 Å². The summed E-state index contributed by atoms with van der Waals surface area (Å²) in [6, 6.07) is 12.3. The average molecular weight is 400 g/mol. The van der Waals surface area contributed by atoms with E-state index < -0.39 is 0 Å². The minimum absolute atomic E-state index is 0.0687. The Morgan fingerprint density at radius 1 is 1.24 bits per heavy atom. The van der Waals surface area contributed by atoms with Crippen LogP contribution < -0.4 is 15.4 Å². The molecule has 6 heteroatoms. The van der Waals surface area contributed by atoms with Crippen LogP contribution in [0.15, 0.2) is 52.1 Å². The predicted octanol–water partition coefficient (Wildman–Crippen LogP) is 3.94. The van der Waals surface area contributed by atoms with Gasteiger partial charge in [0.15, 0.2) is 5.96 Å². The van der Waals surface area contributed by atoms with Crippen LogP contribution >= 0.6 is 0 Å². The molecule has 0 amide bonds. The summed E-state index contributed by atoms with van der Waals surface area (Å²) in [5.74, 6) is 2.74. The van der Waals surface area contributed by atoms with Gasteiger partial charge < -0.3 is 24.5 Å². The lowest BCUT2D eigenvalue weighted by Gasteiger charge is -2.29. The number of hydrogen-bond acceptors (Lipinski definition) is 4. The van der Waals surface area contributed by atoms with Gasteiger partial charge in [-0.3, -0.25) is 4.99 Å². The molecule has 2 heterocycles. The number of para-hydroxylation sites is 1. The third-order valence-electron chi connectivity index (χ3n) is 5.16. The maximum absolute atomic E-state index is 5.80. The highest BCUT2D eigenvalue weighted by Crippen LogP contribution is 2.31. The second-order valence-electron chi connectivity index (χ2n) is 8.20.